The molecule has 0 saturated carbocycles. The van der Waals surface area contributed by atoms with Crippen molar-refractivity contribution in [3.63, 3.8) is 0 Å². The Labute approximate surface area is 135 Å². The van der Waals surface area contributed by atoms with Gasteiger partial charge in [0.2, 0.25) is 0 Å². The van der Waals surface area contributed by atoms with Crippen molar-refractivity contribution in [3.8, 4) is 0 Å². The van der Waals surface area contributed by atoms with Gasteiger partial charge in [-0.15, -0.1) is 0 Å². The number of hydrogen-bond acceptors (Lipinski definition) is 4. The van der Waals surface area contributed by atoms with Crippen LogP contribution in [0.25, 0.3) is 0 Å². The first-order valence-corrected chi connectivity index (χ1v) is 9.20. The first kappa shape index (κ1) is 18.0. The molecule has 1 atom stereocenters. The van der Waals surface area contributed by atoms with E-state index in [4.69, 9.17) is 4.74 Å². The maximum atomic E-state index is 5.17. The normalized spacial score (nSPS) is 12.8. The van der Waals surface area contributed by atoms with Crippen molar-refractivity contribution in [2.24, 2.45) is 0 Å². The van der Waals surface area contributed by atoms with Crippen molar-refractivity contribution in [2.45, 2.75) is 39.3 Å². The monoisotopic (exact) mass is 363 g/mol. The molecule has 0 amide bonds. The fourth-order valence-corrected chi connectivity index (χ4v) is 3.51. The molecular weight excluding hydrogens is 338 g/mol. The number of hydrogen-bond donors (Lipinski definition) is 1. The number of halogens is 1. The van der Waals surface area contributed by atoms with E-state index in [1.165, 1.54) is 17.9 Å². The molecule has 1 N–H and O–H groups in total. The van der Waals surface area contributed by atoms with Gasteiger partial charge in [-0.1, -0.05) is 13.8 Å². The van der Waals surface area contributed by atoms with E-state index in [1.54, 1.807) is 7.11 Å². The van der Waals surface area contributed by atoms with Crippen LogP contribution in [0.15, 0.2) is 10.7 Å². The predicted octanol–water partition coefficient (Wildman–Crippen LogP) is 3.48. The summed E-state index contributed by atoms with van der Waals surface area (Å²) in [5, 5.41) is 8.09. The van der Waals surface area contributed by atoms with Crippen LogP contribution in [-0.4, -0.2) is 41.5 Å². The lowest BCUT2D eigenvalue weighted by Gasteiger charge is -2.20. The first-order chi connectivity index (χ1) is 9.74. The van der Waals surface area contributed by atoms with Crippen LogP contribution in [-0.2, 0) is 11.3 Å². The van der Waals surface area contributed by atoms with Gasteiger partial charge >= 0.3 is 0 Å². The molecule has 0 aliphatic carbocycles. The van der Waals surface area contributed by atoms with E-state index in [0.717, 1.165) is 29.7 Å². The minimum Gasteiger partial charge on any atom is -0.383 e. The Balaban J connectivity index is 2.78. The number of nitrogens with zero attached hydrogens (tertiary/aromatic N) is 2. The van der Waals surface area contributed by atoms with Gasteiger partial charge in [0.05, 0.1) is 35.6 Å². The van der Waals surface area contributed by atoms with Gasteiger partial charge in [-0.25, -0.2) is 0 Å². The highest BCUT2D eigenvalue weighted by molar-refractivity contribution is 9.10. The van der Waals surface area contributed by atoms with Gasteiger partial charge in [0.1, 0.15) is 0 Å². The van der Waals surface area contributed by atoms with Crippen molar-refractivity contribution in [2.75, 3.05) is 31.8 Å². The molecule has 1 unspecified atom stereocenters. The average molecular weight is 364 g/mol. The van der Waals surface area contributed by atoms with Gasteiger partial charge in [-0.05, 0) is 41.1 Å². The van der Waals surface area contributed by atoms with E-state index >= 15 is 0 Å². The second-order valence-corrected chi connectivity index (χ2v) is 6.68. The Kier molecular flexibility index (Phi) is 9.59. The summed E-state index contributed by atoms with van der Waals surface area (Å²) in [4.78, 5) is 0. The van der Waals surface area contributed by atoms with E-state index in [1.807, 2.05) is 22.6 Å². The highest BCUT2D eigenvalue weighted by atomic mass is 79.9. The third kappa shape index (κ3) is 5.76. The summed E-state index contributed by atoms with van der Waals surface area (Å²) < 4.78 is 8.30. The minimum absolute atomic E-state index is 0.334. The number of aromatic nitrogens is 2. The second kappa shape index (κ2) is 10.7. The van der Waals surface area contributed by atoms with E-state index in [9.17, 15) is 0 Å². The van der Waals surface area contributed by atoms with Crippen LogP contribution in [0, 0.1) is 0 Å². The highest BCUT2D eigenvalue weighted by Crippen LogP contribution is 2.26. The van der Waals surface area contributed by atoms with Crippen LogP contribution in [0.4, 0.5) is 0 Å². The number of rotatable bonds is 11. The first-order valence-electron chi connectivity index (χ1n) is 7.25. The van der Waals surface area contributed by atoms with Crippen molar-refractivity contribution >= 4 is 27.7 Å². The van der Waals surface area contributed by atoms with Gasteiger partial charge in [-0.2, -0.15) is 16.9 Å². The molecule has 1 heterocycles. The molecule has 20 heavy (non-hydrogen) atoms. The molecule has 1 aromatic rings. The van der Waals surface area contributed by atoms with Crippen LogP contribution in [0.5, 0.6) is 0 Å². The molecule has 6 heteroatoms. The van der Waals surface area contributed by atoms with E-state index in [-0.39, 0.29) is 0 Å². The molecule has 1 aromatic heterocycles. The quantitative estimate of drug-likeness (QED) is 0.611. The van der Waals surface area contributed by atoms with Crippen LogP contribution < -0.4 is 5.32 Å². The fraction of sp³-hybridized carbons (Fsp3) is 0.786. The van der Waals surface area contributed by atoms with Crippen LogP contribution in [0.3, 0.4) is 0 Å². The fourth-order valence-electron chi connectivity index (χ4n) is 1.97. The maximum absolute atomic E-state index is 5.17. The molecule has 0 spiro atoms. The summed E-state index contributed by atoms with van der Waals surface area (Å²) in [7, 11) is 1.72. The van der Waals surface area contributed by atoms with Gasteiger partial charge in [0.25, 0.3) is 0 Å². The molecule has 0 saturated heterocycles. The van der Waals surface area contributed by atoms with E-state index in [0.29, 0.717) is 12.6 Å². The van der Waals surface area contributed by atoms with Crippen LogP contribution in [0.1, 0.15) is 38.4 Å². The summed E-state index contributed by atoms with van der Waals surface area (Å²) in [6, 6.07) is 0.334. The molecule has 0 aliphatic heterocycles. The van der Waals surface area contributed by atoms with Crippen LogP contribution in [0.2, 0.25) is 0 Å². The van der Waals surface area contributed by atoms with E-state index in [2.05, 4.69) is 40.2 Å². The van der Waals surface area contributed by atoms with Crippen molar-refractivity contribution in [3.05, 3.63) is 16.4 Å². The summed E-state index contributed by atoms with van der Waals surface area (Å²) >= 11 is 5.63. The van der Waals surface area contributed by atoms with Gasteiger partial charge in [0, 0.05) is 12.9 Å². The summed E-state index contributed by atoms with van der Waals surface area (Å²) in [5.74, 6) is 2.28. The number of methoxy groups -OCH3 is 1. The Morgan fingerprint density at radius 1 is 1.45 bits per heavy atom. The third-order valence-corrected chi connectivity index (χ3v) is 4.82. The lowest BCUT2D eigenvalue weighted by atomic mass is 10.2. The van der Waals surface area contributed by atoms with Gasteiger partial charge < -0.3 is 10.1 Å². The zero-order chi connectivity index (χ0) is 14.8. The smallest absolute Gasteiger partial charge is 0.0705 e. The SMILES string of the molecule is CCCNC(CSCCC)c1c(Br)cnn1CCOC. The Morgan fingerprint density at radius 3 is 2.90 bits per heavy atom. The Bertz CT molecular complexity index is 373. The van der Waals surface area contributed by atoms with E-state index < -0.39 is 0 Å². The van der Waals surface area contributed by atoms with Crippen molar-refractivity contribution < 1.29 is 4.74 Å². The third-order valence-electron chi connectivity index (χ3n) is 2.94. The van der Waals surface area contributed by atoms with Gasteiger partial charge in [-0.3, -0.25) is 4.68 Å². The van der Waals surface area contributed by atoms with Crippen LogP contribution >= 0.6 is 27.7 Å². The highest BCUT2D eigenvalue weighted by Gasteiger charge is 2.19. The molecule has 0 aliphatic rings. The standard InChI is InChI=1S/C14H26BrN3OS/c1-4-6-16-13(11-20-9-5-2)14-12(15)10-17-18(14)7-8-19-3/h10,13,16H,4-9,11H2,1-3H3. The average Bonchev–Trinajstić information content (AvgIpc) is 2.81. The number of nitrogens with one attached hydrogen (secondary N) is 1. The molecule has 0 bridgehead atoms. The molecule has 4 nitrogen and oxygen atoms in total. The summed E-state index contributed by atoms with van der Waals surface area (Å²) in [6.07, 6.45) is 4.24. The number of thioether (sulfide) groups is 1. The largest absolute Gasteiger partial charge is 0.383 e. The molecule has 1 rings (SSSR count). The number of ether oxygens (including phenoxy) is 1. The molecule has 0 fully saturated rings. The van der Waals surface area contributed by atoms with Gasteiger partial charge in [0.15, 0.2) is 0 Å². The molecule has 116 valence electrons. The van der Waals surface area contributed by atoms with Crippen molar-refractivity contribution in [1.82, 2.24) is 15.1 Å². The summed E-state index contributed by atoms with van der Waals surface area (Å²) in [6.45, 7) is 6.92. The molecule has 0 aromatic carbocycles. The topological polar surface area (TPSA) is 39.1 Å². The lowest BCUT2D eigenvalue weighted by Crippen LogP contribution is -2.27. The van der Waals surface area contributed by atoms with Crippen molar-refractivity contribution in [1.29, 1.82) is 0 Å². The minimum atomic E-state index is 0.334. The molecule has 0 radical (unpaired) electrons. The predicted molar refractivity (Wildman–Crippen MR) is 90.5 cm³/mol. The second-order valence-electron chi connectivity index (χ2n) is 4.68. The zero-order valence-electron chi connectivity index (χ0n) is 12.7. The lowest BCUT2D eigenvalue weighted by molar-refractivity contribution is 0.181. The maximum Gasteiger partial charge on any atom is 0.0705 e. The molecular formula is C14H26BrN3OS. The Morgan fingerprint density at radius 2 is 2.25 bits per heavy atom. The summed E-state index contributed by atoms with van der Waals surface area (Å²) in [5.41, 5.74) is 1.24. The Hall–Kier alpha value is -0.0400. The zero-order valence-corrected chi connectivity index (χ0v) is 15.1.